The largest absolute Gasteiger partial charge is 0.469 e. The predicted molar refractivity (Wildman–Crippen MR) is 579 cm³/mol. The van der Waals surface area contributed by atoms with E-state index in [-0.39, 0.29) is 59.4 Å². The van der Waals surface area contributed by atoms with Gasteiger partial charge in [-0.1, -0.05) is 244 Å². The third kappa shape index (κ3) is 43.4. The van der Waals surface area contributed by atoms with Crippen LogP contribution in [0.3, 0.4) is 0 Å². The van der Waals surface area contributed by atoms with Crippen molar-refractivity contribution in [1.82, 2.24) is 0 Å². The van der Waals surface area contributed by atoms with E-state index in [4.69, 9.17) is 47.4 Å². The van der Waals surface area contributed by atoms with Crippen molar-refractivity contribution < 1.29 is 95.3 Å². The summed E-state index contributed by atoms with van der Waals surface area (Å²) in [6.07, 6.45) is 23.8. The molecule has 10 aromatic carbocycles. The standard InChI is InChI=1S/5C25H30O4/c5*1-18-6-8-20(9-7-18)10-15-23(26)29-22-13-11-21(12-14-22)19(2)16-17-25(3,4)24(27)28-5/h5*6-15,19H,16-17H2,1-5H3/b5*15-10+. The highest BCUT2D eigenvalue weighted by molar-refractivity contribution is 5.92. The Balaban J connectivity index is 0.000000277. The summed E-state index contributed by atoms with van der Waals surface area (Å²) in [4.78, 5) is 119. The van der Waals surface area contributed by atoms with Crippen LogP contribution in [0, 0.1) is 61.7 Å². The summed E-state index contributed by atoms with van der Waals surface area (Å²) in [5, 5.41) is 0. The predicted octanol–water partition coefficient (Wildman–Crippen LogP) is 28.5. The first-order valence-corrected chi connectivity index (χ1v) is 49.3. The molecule has 20 heteroatoms. The third-order valence-electron chi connectivity index (χ3n) is 25.5. The van der Waals surface area contributed by atoms with Crippen LogP contribution >= 0.6 is 0 Å². The van der Waals surface area contributed by atoms with Crippen LogP contribution in [-0.4, -0.2) is 95.2 Å². The number of benzene rings is 10. The van der Waals surface area contributed by atoms with Crippen LogP contribution in [0.4, 0.5) is 0 Å². The minimum atomic E-state index is -0.498. The molecule has 0 saturated heterocycles. The average molecular weight is 1970 g/mol. The van der Waals surface area contributed by atoms with Gasteiger partial charge in [0.1, 0.15) is 28.7 Å². The molecule has 5 unspecified atom stereocenters. The first-order valence-electron chi connectivity index (χ1n) is 49.3. The molecule has 0 fully saturated rings. The molecule has 0 aliphatic carbocycles. The molecule has 0 N–H and O–H groups in total. The van der Waals surface area contributed by atoms with Crippen molar-refractivity contribution in [3.05, 3.63) is 356 Å². The van der Waals surface area contributed by atoms with Crippen LogP contribution in [0.5, 0.6) is 28.7 Å². The van der Waals surface area contributed by atoms with Gasteiger partial charge < -0.3 is 47.4 Å². The van der Waals surface area contributed by atoms with Gasteiger partial charge in [0.05, 0.1) is 62.6 Å². The minimum Gasteiger partial charge on any atom is -0.469 e. The molecule has 10 aromatic rings. The third-order valence-corrected chi connectivity index (χ3v) is 25.5. The zero-order chi connectivity index (χ0) is 107. The molecule has 10 rings (SSSR count). The lowest BCUT2D eigenvalue weighted by Gasteiger charge is -2.23. The number of hydrogen-bond acceptors (Lipinski definition) is 20. The number of carbonyl (C=O) groups is 10. The quantitative estimate of drug-likeness (QED) is 0.0149. The Morgan fingerprint density at radius 2 is 0.331 bits per heavy atom. The molecule has 0 aromatic heterocycles. The van der Waals surface area contributed by atoms with Crippen molar-refractivity contribution in [2.24, 2.45) is 27.1 Å². The van der Waals surface area contributed by atoms with E-state index in [2.05, 4.69) is 34.6 Å². The Bertz CT molecular complexity index is 5080. The maximum Gasteiger partial charge on any atom is 0.336 e. The fourth-order valence-corrected chi connectivity index (χ4v) is 14.9. The molecule has 0 heterocycles. The van der Waals surface area contributed by atoms with Crippen LogP contribution < -0.4 is 23.7 Å². The Morgan fingerprint density at radius 3 is 0.448 bits per heavy atom. The fourth-order valence-electron chi connectivity index (χ4n) is 14.9. The highest BCUT2D eigenvalue weighted by Gasteiger charge is 2.34. The number of carbonyl (C=O) groups excluding carboxylic acids is 10. The monoisotopic (exact) mass is 1970 g/mol. The van der Waals surface area contributed by atoms with Gasteiger partial charge in [-0.3, -0.25) is 24.0 Å². The van der Waals surface area contributed by atoms with E-state index in [1.165, 1.54) is 93.7 Å². The zero-order valence-electron chi connectivity index (χ0n) is 89.5. The summed E-state index contributed by atoms with van der Waals surface area (Å²) < 4.78 is 51.2. The molecule has 0 aliphatic heterocycles. The van der Waals surface area contributed by atoms with Gasteiger partial charge in [-0.05, 0) is 344 Å². The second-order valence-corrected chi connectivity index (χ2v) is 40.2. The summed E-state index contributed by atoms with van der Waals surface area (Å²) in [6.45, 7) is 39.7. The van der Waals surface area contributed by atoms with E-state index in [0.29, 0.717) is 28.7 Å². The summed E-state index contributed by atoms with van der Waals surface area (Å²) in [5.74, 6) is 0.955. The van der Waals surface area contributed by atoms with Gasteiger partial charge in [-0.25, -0.2) is 24.0 Å². The number of esters is 10. The van der Waals surface area contributed by atoms with E-state index >= 15 is 0 Å². The fraction of sp³-hybridized carbons (Fsp3) is 0.360. The topological polar surface area (TPSA) is 263 Å². The maximum absolute atomic E-state index is 12.0. The molecule has 0 aliphatic rings. The molecule has 0 amide bonds. The van der Waals surface area contributed by atoms with Gasteiger partial charge in [-0.2, -0.15) is 0 Å². The number of ether oxygens (including phenoxy) is 10. The first kappa shape index (κ1) is 119. The van der Waals surface area contributed by atoms with Crippen molar-refractivity contribution >= 4 is 90.1 Å². The van der Waals surface area contributed by atoms with Crippen molar-refractivity contribution in [1.29, 1.82) is 0 Å². The van der Waals surface area contributed by atoms with E-state index in [0.717, 1.165) is 120 Å². The van der Waals surface area contributed by atoms with E-state index in [1.807, 2.05) is 286 Å². The summed E-state index contributed by atoms with van der Waals surface area (Å²) in [7, 11) is 7.10. The Kier molecular flexibility index (Phi) is 48.5. The highest BCUT2D eigenvalue weighted by atomic mass is 16.6. The minimum absolute atomic E-state index is 0.189. The lowest BCUT2D eigenvalue weighted by Crippen LogP contribution is -2.25. The molecular formula is C125H150O20. The SMILES string of the molecule is COC(=O)C(C)(C)CCC(C)c1ccc(OC(=O)/C=C/c2ccc(C)cc2)cc1.COC(=O)C(C)(C)CCC(C)c1ccc(OC(=O)/C=C/c2ccc(C)cc2)cc1.COC(=O)C(C)(C)CCC(C)c1ccc(OC(=O)/C=C/c2ccc(C)cc2)cc1.COC(=O)C(C)(C)CCC(C)c1ccc(OC(=O)/C=C/c2ccc(C)cc2)cc1.COC(=O)C(C)(C)CCC(C)c1ccc(OC(=O)/C=C/c2ccc(C)cc2)cc1. The van der Waals surface area contributed by atoms with Crippen LogP contribution in [0.2, 0.25) is 0 Å². The molecular weight excluding hydrogens is 1820 g/mol. The van der Waals surface area contributed by atoms with Gasteiger partial charge >= 0.3 is 59.7 Å². The molecule has 20 nitrogen and oxygen atoms in total. The van der Waals surface area contributed by atoms with Gasteiger partial charge in [0.2, 0.25) is 0 Å². The van der Waals surface area contributed by atoms with E-state index in [9.17, 15) is 47.9 Å². The number of methoxy groups -OCH3 is 5. The van der Waals surface area contributed by atoms with Gasteiger partial charge in [0.25, 0.3) is 0 Å². The number of rotatable bonds is 40. The van der Waals surface area contributed by atoms with Crippen LogP contribution in [0.25, 0.3) is 30.4 Å². The van der Waals surface area contributed by atoms with Crippen molar-refractivity contribution in [3.8, 4) is 28.7 Å². The maximum atomic E-state index is 12.0. The van der Waals surface area contributed by atoms with Gasteiger partial charge in [0, 0.05) is 30.4 Å². The lowest BCUT2D eigenvalue weighted by molar-refractivity contribution is -0.151. The Morgan fingerprint density at radius 1 is 0.207 bits per heavy atom. The highest BCUT2D eigenvalue weighted by Crippen LogP contribution is 2.38. The summed E-state index contributed by atoms with van der Waals surface area (Å²) in [6, 6.07) is 77.1. The van der Waals surface area contributed by atoms with Crippen LogP contribution in [0.15, 0.2) is 273 Å². The summed E-state index contributed by atoms with van der Waals surface area (Å²) >= 11 is 0. The summed E-state index contributed by atoms with van der Waals surface area (Å²) in [5.41, 5.74) is 13.8. The van der Waals surface area contributed by atoms with Crippen LogP contribution in [-0.2, 0) is 71.6 Å². The first-order chi connectivity index (χ1) is 68.5. The number of aryl methyl sites for hydroxylation is 5. The van der Waals surface area contributed by atoms with Gasteiger partial charge in [-0.15, -0.1) is 0 Å². The second-order valence-electron chi connectivity index (χ2n) is 40.2. The lowest BCUT2D eigenvalue weighted by atomic mass is 9.83. The Hall–Kier alpha value is -14.4. The zero-order valence-corrected chi connectivity index (χ0v) is 89.5. The molecule has 770 valence electrons. The van der Waals surface area contributed by atoms with E-state index in [1.54, 1.807) is 91.0 Å². The molecule has 0 bridgehead atoms. The molecule has 5 atom stereocenters. The molecule has 0 spiro atoms. The smallest absolute Gasteiger partial charge is 0.336 e. The second kappa shape index (κ2) is 59.0. The molecule has 145 heavy (non-hydrogen) atoms. The average Bonchev–Trinajstić information content (AvgIpc) is 0.868. The van der Waals surface area contributed by atoms with Gasteiger partial charge in [0.15, 0.2) is 0 Å². The van der Waals surface area contributed by atoms with Crippen molar-refractivity contribution in [2.75, 3.05) is 35.5 Å². The number of hydrogen-bond donors (Lipinski definition) is 0. The Labute approximate surface area is 860 Å². The van der Waals surface area contributed by atoms with Crippen molar-refractivity contribution in [3.63, 3.8) is 0 Å². The molecule has 0 saturated carbocycles. The molecule has 0 radical (unpaired) electrons. The van der Waals surface area contributed by atoms with Crippen LogP contribution in [0.1, 0.15) is 281 Å². The van der Waals surface area contributed by atoms with Crippen molar-refractivity contribution in [2.45, 2.75) is 232 Å². The van der Waals surface area contributed by atoms with E-state index < -0.39 is 56.9 Å². The normalized spacial score (nSPS) is 12.6.